The summed E-state index contributed by atoms with van der Waals surface area (Å²) in [6.45, 7) is 8.04. The summed E-state index contributed by atoms with van der Waals surface area (Å²) >= 11 is 0. The number of nitrogens with one attached hydrogen (secondary N) is 3. The fourth-order valence-corrected chi connectivity index (χ4v) is 2.30. The van der Waals surface area contributed by atoms with Gasteiger partial charge in [-0.25, -0.2) is 4.79 Å². The van der Waals surface area contributed by atoms with Crippen LogP contribution in [0, 0.1) is 11.8 Å². The lowest BCUT2D eigenvalue weighted by molar-refractivity contribution is -0.144. The number of carboxylic acid groups (broad SMARTS) is 1. The zero-order valence-electron chi connectivity index (χ0n) is 16.5. The van der Waals surface area contributed by atoms with Gasteiger partial charge in [0.25, 0.3) is 0 Å². The molecule has 7 N–H and O–H groups in total. The molecule has 0 aromatic heterocycles. The zero-order chi connectivity index (χ0) is 21.3. The van der Waals surface area contributed by atoms with E-state index in [9.17, 15) is 24.3 Å². The van der Waals surface area contributed by atoms with Gasteiger partial charge in [0.1, 0.15) is 6.04 Å². The van der Waals surface area contributed by atoms with Crippen molar-refractivity contribution in [2.75, 3.05) is 6.54 Å². The van der Waals surface area contributed by atoms with Gasteiger partial charge in [-0.1, -0.05) is 27.7 Å². The van der Waals surface area contributed by atoms with Crippen molar-refractivity contribution in [3.63, 3.8) is 0 Å². The van der Waals surface area contributed by atoms with Gasteiger partial charge in [0.05, 0.1) is 18.7 Å². The van der Waals surface area contributed by atoms with Gasteiger partial charge >= 0.3 is 5.97 Å². The van der Waals surface area contributed by atoms with Gasteiger partial charge in [-0.3, -0.25) is 14.4 Å². The second-order valence-electron chi connectivity index (χ2n) is 7.31. The number of carboxylic acids is 1. The summed E-state index contributed by atoms with van der Waals surface area (Å²) in [7, 11) is 0. The van der Waals surface area contributed by atoms with Gasteiger partial charge in [0, 0.05) is 0 Å². The Labute approximate surface area is 159 Å². The monoisotopic (exact) mass is 388 g/mol. The summed E-state index contributed by atoms with van der Waals surface area (Å²) in [4.78, 5) is 47.2. The minimum absolute atomic E-state index is 0.219. The van der Waals surface area contributed by atoms with Crippen molar-refractivity contribution in [1.29, 1.82) is 0 Å². The van der Waals surface area contributed by atoms with Gasteiger partial charge in [0.15, 0.2) is 6.04 Å². The van der Waals surface area contributed by atoms with Crippen LogP contribution in [0.15, 0.2) is 0 Å². The highest BCUT2D eigenvalue weighted by Crippen LogP contribution is 2.06. The Morgan fingerprint density at radius 1 is 0.926 bits per heavy atom. The van der Waals surface area contributed by atoms with Gasteiger partial charge in [-0.2, -0.15) is 0 Å². The van der Waals surface area contributed by atoms with E-state index in [4.69, 9.17) is 10.8 Å². The third-order valence-corrected chi connectivity index (χ3v) is 3.80. The van der Waals surface area contributed by atoms with Gasteiger partial charge < -0.3 is 31.9 Å². The molecule has 0 radical (unpaired) electrons. The first-order valence-electron chi connectivity index (χ1n) is 8.90. The molecule has 0 spiro atoms. The normalized spacial score (nSPS) is 15.6. The average Bonchev–Trinajstić information content (AvgIpc) is 2.53. The first-order valence-corrected chi connectivity index (χ1v) is 8.90. The van der Waals surface area contributed by atoms with Crippen LogP contribution in [0.25, 0.3) is 0 Å². The standard InChI is InChI=1S/C17H32N4O6/c1-8(2)6-11(18)15(24)21-13(9(3)4)16(25)19-7-12(23)20-14(10(5)22)17(26)27/h8-11,13-14,22H,6-7,18H2,1-5H3,(H,19,25)(H,20,23)(H,21,24)(H,26,27). The summed E-state index contributed by atoms with van der Waals surface area (Å²) in [5.74, 6) is -3.25. The lowest BCUT2D eigenvalue weighted by atomic mass is 10.0. The Morgan fingerprint density at radius 2 is 1.48 bits per heavy atom. The van der Waals surface area contributed by atoms with Gasteiger partial charge in [-0.05, 0) is 25.2 Å². The Hall–Kier alpha value is -2.20. The van der Waals surface area contributed by atoms with E-state index in [1.807, 2.05) is 13.8 Å². The van der Waals surface area contributed by atoms with Crippen LogP contribution in [0.3, 0.4) is 0 Å². The smallest absolute Gasteiger partial charge is 0.328 e. The number of aliphatic carboxylic acids is 1. The average molecular weight is 388 g/mol. The van der Waals surface area contributed by atoms with Gasteiger partial charge in [0.2, 0.25) is 17.7 Å². The van der Waals surface area contributed by atoms with Crippen molar-refractivity contribution in [3.8, 4) is 0 Å². The molecule has 0 saturated heterocycles. The molecular formula is C17H32N4O6. The number of amides is 3. The Morgan fingerprint density at radius 3 is 1.89 bits per heavy atom. The Kier molecular flexibility index (Phi) is 10.6. The van der Waals surface area contributed by atoms with Crippen LogP contribution in [0.1, 0.15) is 41.0 Å². The van der Waals surface area contributed by atoms with Gasteiger partial charge in [-0.15, -0.1) is 0 Å². The van der Waals surface area contributed by atoms with Crippen LogP contribution in [-0.2, 0) is 19.2 Å². The Bertz CT molecular complexity index is 536. The summed E-state index contributed by atoms with van der Waals surface area (Å²) in [6.07, 6.45) is -0.830. The maximum Gasteiger partial charge on any atom is 0.328 e. The van der Waals surface area contributed by atoms with Crippen molar-refractivity contribution in [1.82, 2.24) is 16.0 Å². The zero-order valence-corrected chi connectivity index (χ0v) is 16.5. The van der Waals surface area contributed by atoms with E-state index in [0.29, 0.717) is 6.42 Å². The molecule has 0 aliphatic carbocycles. The minimum atomic E-state index is -1.48. The first kappa shape index (κ1) is 24.8. The van der Waals surface area contributed by atoms with Crippen LogP contribution in [0.4, 0.5) is 0 Å². The van der Waals surface area contributed by atoms with E-state index in [1.54, 1.807) is 13.8 Å². The maximum absolute atomic E-state index is 12.3. The molecule has 3 amide bonds. The van der Waals surface area contributed by atoms with Crippen LogP contribution in [-0.4, -0.2) is 64.7 Å². The molecular weight excluding hydrogens is 356 g/mol. The number of hydrogen-bond acceptors (Lipinski definition) is 6. The van der Waals surface area contributed by atoms with E-state index >= 15 is 0 Å². The van der Waals surface area contributed by atoms with E-state index in [-0.39, 0.29) is 11.8 Å². The summed E-state index contributed by atoms with van der Waals surface area (Å²) in [5, 5.41) is 25.3. The minimum Gasteiger partial charge on any atom is -0.480 e. The fourth-order valence-electron chi connectivity index (χ4n) is 2.30. The van der Waals surface area contributed by atoms with Crippen molar-refractivity contribution in [2.24, 2.45) is 17.6 Å². The number of nitrogens with two attached hydrogens (primary N) is 1. The SMILES string of the molecule is CC(C)CC(N)C(=O)NC(C(=O)NCC(=O)NC(C(=O)O)C(C)O)C(C)C. The molecule has 4 atom stereocenters. The molecule has 0 aromatic carbocycles. The molecule has 0 aliphatic heterocycles. The van der Waals surface area contributed by atoms with Crippen molar-refractivity contribution in [2.45, 2.75) is 65.3 Å². The topological polar surface area (TPSA) is 171 Å². The first-order chi connectivity index (χ1) is 12.4. The third-order valence-electron chi connectivity index (χ3n) is 3.80. The molecule has 156 valence electrons. The predicted octanol–water partition coefficient (Wildman–Crippen LogP) is -1.43. The van der Waals surface area contributed by atoms with Crippen LogP contribution >= 0.6 is 0 Å². The molecule has 10 heteroatoms. The number of rotatable bonds is 11. The summed E-state index contributed by atoms with van der Waals surface area (Å²) < 4.78 is 0. The van der Waals surface area contributed by atoms with Crippen molar-refractivity contribution in [3.05, 3.63) is 0 Å². The highest BCUT2D eigenvalue weighted by Gasteiger charge is 2.28. The molecule has 0 aromatic rings. The van der Waals surface area contributed by atoms with Crippen LogP contribution in [0.2, 0.25) is 0 Å². The highest BCUT2D eigenvalue weighted by atomic mass is 16.4. The van der Waals surface area contributed by atoms with Crippen LogP contribution < -0.4 is 21.7 Å². The number of aliphatic hydroxyl groups excluding tert-OH is 1. The molecule has 0 fully saturated rings. The number of aliphatic hydroxyl groups is 1. The third kappa shape index (κ3) is 9.34. The summed E-state index contributed by atoms with van der Waals surface area (Å²) in [5.41, 5.74) is 5.81. The molecule has 4 unspecified atom stereocenters. The van der Waals surface area contributed by atoms with Crippen LogP contribution in [0.5, 0.6) is 0 Å². The molecule has 0 heterocycles. The number of hydrogen-bond donors (Lipinski definition) is 6. The molecule has 27 heavy (non-hydrogen) atoms. The van der Waals surface area contributed by atoms with E-state index in [0.717, 1.165) is 0 Å². The molecule has 0 rings (SSSR count). The second kappa shape index (κ2) is 11.5. The maximum atomic E-state index is 12.3. The van der Waals surface area contributed by atoms with Crippen molar-refractivity contribution < 1.29 is 29.4 Å². The molecule has 10 nitrogen and oxygen atoms in total. The molecule has 0 bridgehead atoms. The largest absolute Gasteiger partial charge is 0.480 e. The predicted molar refractivity (Wildman–Crippen MR) is 98.5 cm³/mol. The van der Waals surface area contributed by atoms with E-state index in [1.165, 1.54) is 6.92 Å². The fraction of sp³-hybridized carbons (Fsp3) is 0.765. The van der Waals surface area contributed by atoms with Crippen molar-refractivity contribution >= 4 is 23.7 Å². The quantitative estimate of drug-likeness (QED) is 0.252. The van der Waals surface area contributed by atoms with E-state index in [2.05, 4.69) is 16.0 Å². The molecule has 0 aliphatic rings. The second-order valence-corrected chi connectivity index (χ2v) is 7.31. The van der Waals surface area contributed by atoms with E-state index < -0.39 is 54.5 Å². The summed E-state index contributed by atoms with van der Waals surface area (Å²) in [6, 6.07) is -3.12. The molecule has 0 saturated carbocycles. The number of carbonyl (C=O) groups is 4. The lowest BCUT2D eigenvalue weighted by Crippen LogP contribution is -2.56. The Balaban J connectivity index is 4.74. The number of carbonyl (C=O) groups excluding carboxylic acids is 3. The highest BCUT2D eigenvalue weighted by molar-refractivity contribution is 5.92. The lowest BCUT2D eigenvalue weighted by Gasteiger charge is -2.24.